The van der Waals surface area contributed by atoms with Crippen molar-refractivity contribution >= 4 is 57.8 Å². The number of nitrogen functional groups attached to an aromatic ring is 1. The standard InChI is InChI=1S/C20H19N5O3S3/c1-2-28-19(27)12-10-22-20(23-18(12)21)31-11-17(26)25-14(16-6-4-8-30-16)9-13(24-25)15-5-3-7-29-15/h3-8,10,14H,2,9,11H2,1H3,(H2,21,22,23). The molecule has 0 saturated heterocycles. The zero-order valence-electron chi connectivity index (χ0n) is 16.6. The van der Waals surface area contributed by atoms with E-state index >= 15 is 0 Å². The Morgan fingerprint density at radius 2 is 2.10 bits per heavy atom. The number of nitrogens with two attached hydrogens (primary N) is 1. The number of thioether (sulfide) groups is 1. The van der Waals surface area contributed by atoms with Gasteiger partial charge in [0.2, 0.25) is 0 Å². The van der Waals surface area contributed by atoms with Crippen LogP contribution in [0.4, 0.5) is 5.82 Å². The van der Waals surface area contributed by atoms with Crippen LogP contribution in [0.2, 0.25) is 0 Å². The number of esters is 1. The van der Waals surface area contributed by atoms with Crippen molar-refractivity contribution in [1.82, 2.24) is 15.0 Å². The van der Waals surface area contributed by atoms with Crippen LogP contribution in [0.25, 0.3) is 0 Å². The number of hydrazone groups is 1. The van der Waals surface area contributed by atoms with Gasteiger partial charge in [-0.05, 0) is 29.8 Å². The van der Waals surface area contributed by atoms with Crippen molar-refractivity contribution in [2.75, 3.05) is 18.1 Å². The third-order valence-electron chi connectivity index (χ3n) is 4.46. The molecule has 1 unspecified atom stereocenters. The van der Waals surface area contributed by atoms with Crippen LogP contribution in [0.15, 0.2) is 51.5 Å². The van der Waals surface area contributed by atoms with E-state index in [1.807, 2.05) is 35.0 Å². The first-order valence-electron chi connectivity index (χ1n) is 9.46. The van der Waals surface area contributed by atoms with Gasteiger partial charge in [-0.25, -0.2) is 19.8 Å². The summed E-state index contributed by atoms with van der Waals surface area (Å²) >= 11 is 4.37. The van der Waals surface area contributed by atoms with Crippen molar-refractivity contribution < 1.29 is 14.3 Å². The lowest BCUT2D eigenvalue weighted by Crippen LogP contribution is -2.28. The zero-order valence-corrected chi connectivity index (χ0v) is 19.0. The number of amides is 1. The Morgan fingerprint density at radius 3 is 2.77 bits per heavy atom. The molecule has 0 aromatic carbocycles. The number of carbonyl (C=O) groups is 2. The zero-order chi connectivity index (χ0) is 21.8. The molecule has 0 saturated carbocycles. The Bertz CT molecular complexity index is 1100. The molecular weight excluding hydrogens is 454 g/mol. The number of nitrogens with zero attached hydrogens (tertiary/aromatic N) is 4. The lowest BCUT2D eigenvalue weighted by Gasteiger charge is -2.20. The summed E-state index contributed by atoms with van der Waals surface area (Å²) in [5, 5.41) is 10.5. The van der Waals surface area contributed by atoms with E-state index < -0.39 is 5.97 Å². The fourth-order valence-corrected chi connectivity index (χ4v) is 5.25. The molecule has 160 valence electrons. The molecule has 3 aromatic heterocycles. The van der Waals surface area contributed by atoms with Crippen molar-refractivity contribution in [3.8, 4) is 0 Å². The molecule has 8 nitrogen and oxygen atoms in total. The van der Waals surface area contributed by atoms with Crippen LogP contribution >= 0.6 is 34.4 Å². The van der Waals surface area contributed by atoms with Crippen molar-refractivity contribution in [3.05, 3.63) is 56.5 Å². The van der Waals surface area contributed by atoms with Gasteiger partial charge >= 0.3 is 5.97 Å². The normalized spacial score (nSPS) is 15.7. The summed E-state index contributed by atoms with van der Waals surface area (Å²) in [6, 6.07) is 7.86. The molecule has 4 rings (SSSR count). The summed E-state index contributed by atoms with van der Waals surface area (Å²) < 4.78 is 4.92. The summed E-state index contributed by atoms with van der Waals surface area (Å²) in [5.41, 5.74) is 6.88. The highest BCUT2D eigenvalue weighted by molar-refractivity contribution is 7.99. The maximum atomic E-state index is 13.0. The number of aromatic nitrogens is 2. The highest BCUT2D eigenvalue weighted by atomic mass is 32.2. The van der Waals surface area contributed by atoms with Gasteiger partial charge in [0, 0.05) is 17.5 Å². The summed E-state index contributed by atoms with van der Waals surface area (Å²) in [4.78, 5) is 35.3. The van der Waals surface area contributed by atoms with Crippen LogP contribution in [0.3, 0.4) is 0 Å². The monoisotopic (exact) mass is 473 g/mol. The average molecular weight is 474 g/mol. The third kappa shape index (κ3) is 4.78. The molecule has 0 bridgehead atoms. The van der Waals surface area contributed by atoms with Gasteiger partial charge in [-0.15, -0.1) is 22.7 Å². The molecule has 0 spiro atoms. The van der Waals surface area contributed by atoms with Crippen LogP contribution < -0.4 is 5.73 Å². The minimum absolute atomic E-state index is 0.0269. The minimum atomic E-state index is -0.570. The Hall–Kier alpha value is -2.76. The van der Waals surface area contributed by atoms with E-state index in [-0.39, 0.29) is 35.7 Å². The van der Waals surface area contributed by atoms with Crippen molar-refractivity contribution in [3.63, 3.8) is 0 Å². The number of ether oxygens (including phenoxy) is 1. The molecule has 1 aliphatic rings. The smallest absolute Gasteiger partial charge is 0.343 e. The maximum absolute atomic E-state index is 13.0. The Morgan fingerprint density at radius 1 is 1.29 bits per heavy atom. The molecule has 1 aliphatic heterocycles. The lowest BCUT2D eigenvalue weighted by molar-refractivity contribution is -0.130. The second-order valence-corrected chi connectivity index (χ2v) is 9.33. The van der Waals surface area contributed by atoms with Crippen LogP contribution in [0.5, 0.6) is 0 Å². The van der Waals surface area contributed by atoms with Gasteiger partial charge < -0.3 is 10.5 Å². The minimum Gasteiger partial charge on any atom is -0.462 e. The highest BCUT2D eigenvalue weighted by Crippen LogP contribution is 2.36. The van der Waals surface area contributed by atoms with Crippen LogP contribution in [0.1, 0.15) is 39.5 Å². The number of thiophene rings is 2. The molecule has 0 aliphatic carbocycles. The Kier molecular flexibility index (Phi) is 6.64. The van der Waals surface area contributed by atoms with Gasteiger partial charge in [-0.1, -0.05) is 23.9 Å². The van der Waals surface area contributed by atoms with Crippen molar-refractivity contribution in [2.45, 2.75) is 24.5 Å². The number of hydrogen-bond acceptors (Lipinski definition) is 10. The van der Waals surface area contributed by atoms with E-state index in [2.05, 4.69) is 15.1 Å². The SMILES string of the molecule is CCOC(=O)c1cnc(SCC(=O)N2N=C(c3cccs3)CC2c2cccs2)nc1N. The second kappa shape index (κ2) is 9.58. The Labute approximate surface area is 191 Å². The molecule has 31 heavy (non-hydrogen) atoms. The molecule has 4 heterocycles. The van der Waals surface area contributed by atoms with Gasteiger partial charge in [0.25, 0.3) is 5.91 Å². The van der Waals surface area contributed by atoms with E-state index in [1.54, 1.807) is 34.6 Å². The molecule has 3 aromatic rings. The van der Waals surface area contributed by atoms with E-state index in [0.29, 0.717) is 11.6 Å². The van der Waals surface area contributed by atoms with E-state index in [1.165, 1.54) is 6.20 Å². The fraction of sp³-hybridized carbons (Fsp3) is 0.250. The molecular formula is C20H19N5O3S3. The van der Waals surface area contributed by atoms with Gasteiger partial charge in [0.15, 0.2) is 5.16 Å². The van der Waals surface area contributed by atoms with Crippen LogP contribution in [-0.2, 0) is 9.53 Å². The molecule has 0 radical (unpaired) electrons. The average Bonchev–Trinajstić information content (AvgIpc) is 3.53. The summed E-state index contributed by atoms with van der Waals surface area (Å²) in [6.07, 6.45) is 2.00. The van der Waals surface area contributed by atoms with Gasteiger partial charge in [0.1, 0.15) is 11.4 Å². The topological polar surface area (TPSA) is 111 Å². The number of rotatable bonds is 7. The lowest BCUT2D eigenvalue weighted by atomic mass is 10.1. The van der Waals surface area contributed by atoms with Crippen molar-refractivity contribution in [1.29, 1.82) is 0 Å². The predicted molar refractivity (Wildman–Crippen MR) is 123 cm³/mol. The fourth-order valence-electron chi connectivity index (χ4n) is 3.04. The van der Waals surface area contributed by atoms with E-state index in [0.717, 1.165) is 27.2 Å². The second-order valence-electron chi connectivity index (χ2n) is 6.46. The van der Waals surface area contributed by atoms with E-state index in [4.69, 9.17) is 10.5 Å². The molecule has 2 N–H and O–H groups in total. The molecule has 11 heteroatoms. The van der Waals surface area contributed by atoms with Crippen molar-refractivity contribution in [2.24, 2.45) is 5.10 Å². The quantitative estimate of drug-likeness (QED) is 0.315. The third-order valence-corrected chi connectivity index (χ3v) is 7.20. The van der Waals surface area contributed by atoms with Gasteiger partial charge in [-0.3, -0.25) is 4.79 Å². The number of hydrogen-bond donors (Lipinski definition) is 1. The first kappa shape index (κ1) is 21.5. The molecule has 1 amide bonds. The maximum Gasteiger partial charge on any atom is 0.343 e. The van der Waals surface area contributed by atoms with Crippen LogP contribution in [0, 0.1) is 0 Å². The van der Waals surface area contributed by atoms with Crippen LogP contribution in [-0.4, -0.2) is 44.9 Å². The van der Waals surface area contributed by atoms with E-state index in [9.17, 15) is 9.59 Å². The number of carbonyl (C=O) groups excluding carboxylic acids is 2. The first-order valence-corrected chi connectivity index (χ1v) is 12.2. The largest absolute Gasteiger partial charge is 0.462 e. The summed E-state index contributed by atoms with van der Waals surface area (Å²) in [7, 11) is 0. The van der Waals surface area contributed by atoms with Gasteiger partial charge in [-0.2, -0.15) is 5.10 Å². The summed E-state index contributed by atoms with van der Waals surface area (Å²) in [6.45, 7) is 1.94. The van der Waals surface area contributed by atoms with Gasteiger partial charge in [0.05, 0.1) is 29.0 Å². The summed E-state index contributed by atoms with van der Waals surface area (Å²) in [5.74, 6) is -0.592. The first-order chi connectivity index (χ1) is 15.1. The highest BCUT2D eigenvalue weighted by Gasteiger charge is 2.34. The predicted octanol–water partition coefficient (Wildman–Crippen LogP) is 3.83. The molecule has 1 atom stereocenters. The number of anilines is 1. The Balaban J connectivity index is 1.47. The molecule has 0 fully saturated rings.